The molecule has 2 aliphatic rings. The SMILES string of the molecule is CN1C2CCC1CC(Sc1ccc(Cl)cc1)C2. The van der Waals surface area contributed by atoms with Crippen LogP contribution in [-0.4, -0.2) is 29.3 Å². The Morgan fingerprint density at radius 1 is 1.12 bits per heavy atom. The molecule has 2 saturated heterocycles. The number of fused-ring (bicyclic) bond motifs is 2. The minimum absolute atomic E-state index is 0.796. The Bertz CT molecular complexity index is 378. The molecule has 2 bridgehead atoms. The van der Waals surface area contributed by atoms with Gasteiger partial charge in [-0.1, -0.05) is 11.6 Å². The van der Waals surface area contributed by atoms with Gasteiger partial charge in [0.2, 0.25) is 0 Å². The maximum absolute atomic E-state index is 5.91. The van der Waals surface area contributed by atoms with Gasteiger partial charge in [0, 0.05) is 27.3 Å². The molecule has 0 aromatic heterocycles. The number of hydrogen-bond donors (Lipinski definition) is 0. The summed E-state index contributed by atoms with van der Waals surface area (Å²) < 4.78 is 0. The van der Waals surface area contributed by atoms with Gasteiger partial charge in [0.1, 0.15) is 0 Å². The maximum atomic E-state index is 5.91. The first-order chi connectivity index (χ1) is 8.22. The summed E-state index contributed by atoms with van der Waals surface area (Å²) in [5.74, 6) is 0. The van der Waals surface area contributed by atoms with Crippen molar-refractivity contribution in [2.75, 3.05) is 7.05 Å². The summed E-state index contributed by atoms with van der Waals surface area (Å²) in [6.07, 6.45) is 5.50. The standard InChI is InChI=1S/C14H18ClNS/c1-16-11-4-5-12(16)9-14(8-11)17-13-6-2-10(15)3-7-13/h2-3,6-7,11-12,14H,4-5,8-9H2,1H3. The second-order valence-corrected chi connectivity index (χ2v) is 7.03. The third-order valence-electron chi connectivity index (χ3n) is 4.17. The van der Waals surface area contributed by atoms with Crippen LogP contribution in [0.4, 0.5) is 0 Å². The fourth-order valence-corrected chi connectivity index (χ4v) is 4.60. The van der Waals surface area contributed by atoms with E-state index >= 15 is 0 Å². The van der Waals surface area contributed by atoms with Gasteiger partial charge in [-0.15, -0.1) is 11.8 Å². The van der Waals surface area contributed by atoms with Crippen molar-refractivity contribution >= 4 is 23.4 Å². The first-order valence-electron chi connectivity index (χ1n) is 6.36. The number of rotatable bonds is 2. The van der Waals surface area contributed by atoms with Gasteiger partial charge in [-0.25, -0.2) is 0 Å². The van der Waals surface area contributed by atoms with E-state index in [0.29, 0.717) is 0 Å². The van der Waals surface area contributed by atoms with Crippen molar-refractivity contribution in [3.8, 4) is 0 Å². The molecule has 1 nitrogen and oxygen atoms in total. The van der Waals surface area contributed by atoms with E-state index in [1.54, 1.807) is 0 Å². The molecule has 2 fully saturated rings. The molecule has 2 heterocycles. The van der Waals surface area contributed by atoms with Crippen molar-refractivity contribution < 1.29 is 0 Å². The zero-order valence-corrected chi connectivity index (χ0v) is 11.7. The molecule has 0 aliphatic carbocycles. The summed E-state index contributed by atoms with van der Waals surface area (Å²) in [4.78, 5) is 3.96. The lowest BCUT2D eigenvalue weighted by Crippen LogP contribution is -2.40. The van der Waals surface area contributed by atoms with E-state index in [1.165, 1.54) is 30.6 Å². The second kappa shape index (κ2) is 4.83. The van der Waals surface area contributed by atoms with Crippen molar-refractivity contribution in [1.82, 2.24) is 4.90 Å². The fourth-order valence-electron chi connectivity index (χ4n) is 3.16. The highest BCUT2D eigenvalue weighted by molar-refractivity contribution is 8.00. The van der Waals surface area contributed by atoms with Gasteiger partial charge in [-0.05, 0) is 57.0 Å². The van der Waals surface area contributed by atoms with Crippen LogP contribution in [0.5, 0.6) is 0 Å². The van der Waals surface area contributed by atoms with Crippen LogP contribution in [0.1, 0.15) is 25.7 Å². The predicted octanol–water partition coefficient (Wildman–Crippen LogP) is 4.06. The molecule has 0 spiro atoms. The monoisotopic (exact) mass is 267 g/mol. The molecule has 0 amide bonds. The highest BCUT2D eigenvalue weighted by Gasteiger charge is 2.38. The van der Waals surface area contributed by atoms with E-state index in [-0.39, 0.29) is 0 Å². The van der Waals surface area contributed by atoms with Crippen molar-refractivity contribution in [2.24, 2.45) is 0 Å². The van der Waals surface area contributed by atoms with Crippen LogP contribution in [0, 0.1) is 0 Å². The van der Waals surface area contributed by atoms with Gasteiger partial charge in [0.25, 0.3) is 0 Å². The predicted molar refractivity (Wildman–Crippen MR) is 74.9 cm³/mol. The molecule has 2 unspecified atom stereocenters. The number of thioether (sulfide) groups is 1. The van der Waals surface area contributed by atoms with Crippen molar-refractivity contribution in [3.63, 3.8) is 0 Å². The molecule has 3 rings (SSSR count). The minimum atomic E-state index is 0.796. The molecular weight excluding hydrogens is 250 g/mol. The van der Waals surface area contributed by atoms with Gasteiger partial charge in [0.15, 0.2) is 0 Å². The highest BCUT2D eigenvalue weighted by atomic mass is 35.5. The molecule has 3 heteroatoms. The van der Waals surface area contributed by atoms with Crippen LogP contribution in [0.3, 0.4) is 0 Å². The van der Waals surface area contributed by atoms with Gasteiger partial charge < -0.3 is 4.90 Å². The molecule has 1 aromatic rings. The summed E-state index contributed by atoms with van der Waals surface area (Å²) >= 11 is 7.95. The normalized spacial score (nSPS) is 32.9. The number of piperidine rings is 1. The summed E-state index contributed by atoms with van der Waals surface area (Å²) in [5, 5.41) is 1.63. The molecule has 0 N–H and O–H groups in total. The van der Waals surface area contributed by atoms with Gasteiger partial charge in [-0.2, -0.15) is 0 Å². The molecule has 1 aromatic carbocycles. The van der Waals surface area contributed by atoms with Gasteiger partial charge >= 0.3 is 0 Å². The van der Waals surface area contributed by atoms with E-state index in [1.807, 2.05) is 23.9 Å². The Balaban J connectivity index is 1.65. The smallest absolute Gasteiger partial charge is 0.0406 e. The number of halogens is 1. The summed E-state index contributed by atoms with van der Waals surface area (Å²) in [7, 11) is 2.30. The van der Waals surface area contributed by atoms with Crippen LogP contribution in [-0.2, 0) is 0 Å². The van der Waals surface area contributed by atoms with E-state index in [2.05, 4.69) is 24.1 Å². The molecule has 2 atom stereocenters. The molecular formula is C14H18ClNS. The van der Waals surface area contributed by atoms with Crippen LogP contribution in [0.15, 0.2) is 29.2 Å². The van der Waals surface area contributed by atoms with Crippen molar-refractivity contribution in [2.45, 2.75) is 47.9 Å². The van der Waals surface area contributed by atoms with E-state index in [0.717, 1.165) is 22.4 Å². The Morgan fingerprint density at radius 2 is 1.71 bits per heavy atom. The molecule has 92 valence electrons. The molecule has 0 radical (unpaired) electrons. The van der Waals surface area contributed by atoms with Crippen LogP contribution >= 0.6 is 23.4 Å². The quantitative estimate of drug-likeness (QED) is 0.795. The average molecular weight is 268 g/mol. The Hall–Kier alpha value is -0.180. The van der Waals surface area contributed by atoms with E-state index in [4.69, 9.17) is 11.6 Å². The lowest BCUT2D eigenvalue weighted by atomic mass is 10.0. The van der Waals surface area contributed by atoms with E-state index in [9.17, 15) is 0 Å². The van der Waals surface area contributed by atoms with Crippen LogP contribution < -0.4 is 0 Å². The van der Waals surface area contributed by atoms with Gasteiger partial charge in [-0.3, -0.25) is 0 Å². The van der Waals surface area contributed by atoms with Crippen LogP contribution in [0.25, 0.3) is 0 Å². The third kappa shape index (κ3) is 2.49. The topological polar surface area (TPSA) is 3.24 Å². The zero-order valence-electron chi connectivity index (χ0n) is 10.1. The number of nitrogens with zero attached hydrogens (tertiary/aromatic N) is 1. The van der Waals surface area contributed by atoms with Crippen molar-refractivity contribution in [1.29, 1.82) is 0 Å². The number of hydrogen-bond acceptors (Lipinski definition) is 2. The molecule has 17 heavy (non-hydrogen) atoms. The summed E-state index contributed by atoms with van der Waals surface area (Å²) in [6, 6.07) is 9.94. The average Bonchev–Trinajstić information content (AvgIpc) is 2.55. The summed E-state index contributed by atoms with van der Waals surface area (Å²) in [6.45, 7) is 0. The van der Waals surface area contributed by atoms with Crippen LogP contribution in [0.2, 0.25) is 5.02 Å². The Labute approximate surface area is 113 Å². The van der Waals surface area contributed by atoms with E-state index < -0.39 is 0 Å². The number of benzene rings is 1. The first-order valence-corrected chi connectivity index (χ1v) is 7.62. The second-order valence-electron chi connectivity index (χ2n) is 5.22. The maximum Gasteiger partial charge on any atom is 0.0406 e. The Kier molecular flexibility index (Phi) is 3.38. The van der Waals surface area contributed by atoms with Gasteiger partial charge in [0.05, 0.1) is 0 Å². The highest BCUT2D eigenvalue weighted by Crippen LogP contribution is 2.41. The lowest BCUT2D eigenvalue weighted by Gasteiger charge is -2.36. The molecule has 0 saturated carbocycles. The largest absolute Gasteiger partial charge is 0.300 e. The molecule has 2 aliphatic heterocycles. The Morgan fingerprint density at radius 3 is 2.29 bits per heavy atom. The first kappa shape index (κ1) is 11.9. The third-order valence-corrected chi connectivity index (χ3v) is 5.69. The fraction of sp³-hybridized carbons (Fsp3) is 0.571. The lowest BCUT2D eigenvalue weighted by molar-refractivity contribution is 0.183. The van der Waals surface area contributed by atoms with Crippen molar-refractivity contribution in [3.05, 3.63) is 29.3 Å². The minimum Gasteiger partial charge on any atom is -0.300 e. The zero-order chi connectivity index (χ0) is 11.8. The summed E-state index contributed by atoms with van der Waals surface area (Å²) in [5.41, 5.74) is 0.